The van der Waals surface area contributed by atoms with Crippen molar-refractivity contribution < 1.29 is 8.42 Å². The van der Waals surface area contributed by atoms with Crippen molar-refractivity contribution >= 4 is 10.0 Å². The van der Waals surface area contributed by atoms with Crippen LogP contribution in [0.5, 0.6) is 0 Å². The number of nitrogens with zero attached hydrogens (tertiary/aromatic N) is 1. The maximum absolute atomic E-state index is 12.2. The van der Waals surface area contributed by atoms with Crippen LogP contribution in [0.3, 0.4) is 0 Å². The standard InChI is InChI=1S/C13H25N3O2S/c1-6-7-14-9-11-8-12(10-16(11)5)19(17,18)15-13(2,3)4/h8,10,14-15H,6-7,9H2,1-5H3. The molecule has 0 atom stereocenters. The van der Waals surface area contributed by atoms with E-state index in [1.165, 1.54) is 0 Å². The maximum atomic E-state index is 12.2. The lowest BCUT2D eigenvalue weighted by atomic mass is 10.1. The second-order valence-electron chi connectivity index (χ2n) is 5.81. The van der Waals surface area contributed by atoms with Crippen molar-refractivity contribution in [2.75, 3.05) is 6.54 Å². The van der Waals surface area contributed by atoms with Crippen LogP contribution in [0.1, 0.15) is 39.8 Å². The minimum absolute atomic E-state index is 0.318. The summed E-state index contributed by atoms with van der Waals surface area (Å²) in [6.45, 7) is 9.19. The van der Waals surface area contributed by atoms with Crippen molar-refractivity contribution in [3.05, 3.63) is 18.0 Å². The van der Waals surface area contributed by atoms with Gasteiger partial charge in [-0.15, -0.1) is 0 Å². The molecule has 0 bridgehead atoms. The van der Waals surface area contributed by atoms with Crippen LogP contribution >= 0.6 is 0 Å². The van der Waals surface area contributed by atoms with Crippen LogP contribution in [0.4, 0.5) is 0 Å². The summed E-state index contributed by atoms with van der Waals surface area (Å²) in [7, 11) is -1.59. The molecule has 5 nitrogen and oxygen atoms in total. The normalized spacial score (nSPS) is 12.9. The lowest BCUT2D eigenvalue weighted by molar-refractivity contribution is 0.491. The Bertz CT molecular complexity index is 512. The quantitative estimate of drug-likeness (QED) is 0.781. The van der Waals surface area contributed by atoms with Gasteiger partial charge >= 0.3 is 0 Å². The average molecular weight is 287 g/mol. The SMILES string of the molecule is CCCNCc1cc(S(=O)(=O)NC(C)(C)C)cn1C. The average Bonchev–Trinajstić information content (AvgIpc) is 2.58. The Balaban J connectivity index is 2.88. The van der Waals surface area contributed by atoms with Gasteiger partial charge in [0.1, 0.15) is 0 Å². The highest BCUT2D eigenvalue weighted by Crippen LogP contribution is 2.16. The second-order valence-corrected chi connectivity index (χ2v) is 7.49. The molecule has 0 fully saturated rings. The molecule has 0 spiro atoms. The van der Waals surface area contributed by atoms with Crippen LogP contribution in [0, 0.1) is 0 Å². The highest BCUT2D eigenvalue weighted by Gasteiger charge is 2.23. The fourth-order valence-electron chi connectivity index (χ4n) is 1.76. The van der Waals surface area contributed by atoms with Crippen LogP contribution in [-0.2, 0) is 23.6 Å². The van der Waals surface area contributed by atoms with Crippen LogP contribution in [0.2, 0.25) is 0 Å². The Hall–Kier alpha value is -0.850. The lowest BCUT2D eigenvalue weighted by Gasteiger charge is -2.19. The van der Waals surface area contributed by atoms with Gasteiger partial charge in [0.15, 0.2) is 0 Å². The van der Waals surface area contributed by atoms with E-state index in [4.69, 9.17) is 0 Å². The van der Waals surface area contributed by atoms with Gasteiger partial charge in [0.25, 0.3) is 0 Å². The summed E-state index contributed by atoms with van der Waals surface area (Å²) in [5.74, 6) is 0. The fourth-order valence-corrected chi connectivity index (χ4v) is 3.27. The number of aromatic nitrogens is 1. The zero-order chi connectivity index (χ0) is 14.7. The first-order valence-electron chi connectivity index (χ1n) is 6.55. The fraction of sp³-hybridized carbons (Fsp3) is 0.692. The minimum atomic E-state index is -3.45. The molecule has 0 unspecified atom stereocenters. The molecule has 0 aliphatic carbocycles. The van der Waals surface area contributed by atoms with Gasteiger partial charge in [0.2, 0.25) is 10.0 Å². The first-order chi connectivity index (χ1) is 8.65. The molecular formula is C13H25N3O2S. The Labute approximate surface area is 116 Å². The molecule has 1 aromatic heterocycles. The van der Waals surface area contributed by atoms with E-state index in [9.17, 15) is 8.42 Å². The Kier molecular flexibility index (Phi) is 5.18. The molecule has 0 aromatic carbocycles. The molecule has 0 radical (unpaired) electrons. The molecular weight excluding hydrogens is 262 g/mol. The number of aryl methyl sites for hydroxylation is 1. The topological polar surface area (TPSA) is 63.1 Å². The van der Waals surface area contributed by atoms with E-state index in [-0.39, 0.29) is 0 Å². The summed E-state index contributed by atoms with van der Waals surface area (Å²) in [4.78, 5) is 0.318. The largest absolute Gasteiger partial charge is 0.352 e. The van der Waals surface area contributed by atoms with Crippen LogP contribution < -0.4 is 10.0 Å². The molecule has 6 heteroatoms. The number of hydrogen-bond acceptors (Lipinski definition) is 3. The summed E-state index contributed by atoms with van der Waals surface area (Å²) >= 11 is 0. The van der Waals surface area contributed by atoms with Crippen molar-refractivity contribution in [2.24, 2.45) is 7.05 Å². The highest BCUT2D eigenvalue weighted by atomic mass is 32.2. The molecule has 1 aromatic rings. The van der Waals surface area contributed by atoms with E-state index >= 15 is 0 Å². The zero-order valence-electron chi connectivity index (χ0n) is 12.4. The van der Waals surface area contributed by atoms with Gasteiger partial charge in [-0.05, 0) is 39.8 Å². The summed E-state index contributed by atoms with van der Waals surface area (Å²) in [5, 5.41) is 3.27. The molecule has 1 rings (SSSR count). The van der Waals surface area contributed by atoms with Gasteiger partial charge < -0.3 is 9.88 Å². The third-order valence-corrected chi connectivity index (χ3v) is 4.29. The van der Waals surface area contributed by atoms with Crippen molar-refractivity contribution in [2.45, 2.75) is 51.1 Å². The maximum Gasteiger partial charge on any atom is 0.242 e. The monoisotopic (exact) mass is 287 g/mol. The van der Waals surface area contributed by atoms with Gasteiger partial charge in [-0.1, -0.05) is 6.92 Å². The van der Waals surface area contributed by atoms with E-state index in [1.807, 2.05) is 32.4 Å². The third kappa shape index (κ3) is 4.97. The first kappa shape index (κ1) is 16.2. The van der Waals surface area contributed by atoms with Crippen molar-refractivity contribution in [3.8, 4) is 0 Å². The smallest absolute Gasteiger partial charge is 0.242 e. The molecule has 0 aliphatic rings. The number of sulfonamides is 1. The van der Waals surface area contributed by atoms with Crippen LogP contribution in [0.15, 0.2) is 17.2 Å². The lowest BCUT2D eigenvalue weighted by Crippen LogP contribution is -2.40. The molecule has 19 heavy (non-hydrogen) atoms. The van der Waals surface area contributed by atoms with Crippen LogP contribution in [-0.4, -0.2) is 25.1 Å². The van der Waals surface area contributed by atoms with E-state index in [1.54, 1.807) is 12.3 Å². The van der Waals surface area contributed by atoms with Gasteiger partial charge in [-0.25, -0.2) is 13.1 Å². The van der Waals surface area contributed by atoms with Crippen LogP contribution in [0.25, 0.3) is 0 Å². The van der Waals surface area contributed by atoms with Gasteiger partial charge in [-0.3, -0.25) is 0 Å². The molecule has 0 aliphatic heterocycles. The van der Waals surface area contributed by atoms with Gasteiger partial charge in [0.05, 0.1) is 4.90 Å². The van der Waals surface area contributed by atoms with E-state index < -0.39 is 15.6 Å². The highest BCUT2D eigenvalue weighted by molar-refractivity contribution is 7.89. The summed E-state index contributed by atoms with van der Waals surface area (Å²) in [6.07, 6.45) is 2.71. The van der Waals surface area contributed by atoms with E-state index in [0.29, 0.717) is 11.4 Å². The molecule has 0 saturated carbocycles. The predicted molar refractivity (Wildman–Crippen MR) is 77.5 cm³/mol. The molecule has 110 valence electrons. The van der Waals surface area contributed by atoms with E-state index in [0.717, 1.165) is 18.7 Å². The van der Waals surface area contributed by atoms with Crippen molar-refractivity contribution in [1.82, 2.24) is 14.6 Å². The Morgan fingerprint density at radius 2 is 1.95 bits per heavy atom. The van der Waals surface area contributed by atoms with Crippen molar-refractivity contribution in [3.63, 3.8) is 0 Å². The predicted octanol–water partition coefficient (Wildman–Crippen LogP) is 1.60. The molecule has 1 heterocycles. The zero-order valence-corrected chi connectivity index (χ0v) is 13.3. The first-order valence-corrected chi connectivity index (χ1v) is 8.04. The van der Waals surface area contributed by atoms with Crippen molar-refractivity contribution in [1.29, 1.82) is 0 Å². The van der Waals surface area contributed by atoms with E-state index in [2.05, 4.69) is 17.0 Å². The number of hydrogen-bond donors (Lipinski definition) is 2. The molecule has 2 N–H and O–H groups in total. The number of nitrogens with one attached hydrogen (secondary N) is 2. The number of rotatable bonds is 6. The van der Waals surface area contributed by atoms with Gasteiger partial charge in [-0.2, -0.15) is 0 Å². The minimum Gasteiger partial charge on any atom is -0.352 e. The summed E-state index contributed by atoms with van der Waals surface area (Å²) in [5.41, 5.74) is 0.484. The summed E-state index contributed by atoms with van der Waals surface area (Å²) < 4.78 is 28.9. The summed E-state index contributed by atoms with van der Waals surface area (Å²) in [6, 6.07) is 1.72. The molecule has 0 amide bonds. The Morgan fingerprint density at radius 3 is 2.47 bits per heavy atom. The third-order valence-electron chi connectivity index (χ3n) is 2.57. The Morgan fingerprint density at radius 1 is 1.32 bits per heavy atom. The van der Waals surface area contributed by atoms with Gasteiger partial charge in [0, 0.05) is 31.0 Å². The molecule has 0 saturated heterocycles. The second kappa shape index (κ2) is 6.07.